The van der Waals surface area contributed by atoms with Gasteiger partial charge in [-0.2, -0.15) is 18.4 Å². The third kappa shape index (κ3) is 8.59. The molecule has 6 aliphatic rings. The van der Waals surface area contributed by atoms with Gasteiger partial charge < -0.3 is 24.8 Å². The molecule has 4 saturated heterocycles. The van der Waals surface area contributed by atoms with Crippen LogP contribution >= 0.6 is 0 Å². The molecule has 15 nitrogen and oxygen atoms in total. The zero-order chi connectivity index (χ0) is 44.9. The molecule has 2 aromatic carbocycles. The van der Waals surface area contributed by atoms with E-state index in [2.05, 4.69) is 30.6 Å². The van der Waals surface area contributed by atoms with Gasteiger partial charge in [0.15, 0.2) is 11.5 Å². The SMILES string of the molecule is N#Cc1ccc(O[C@H]2CC[C@H](NC(=O)c3ccc(N4CCC(CN5CCC6(CC5)CN(c5cc7c(cc5F)C(=O)N(C5CCC(=O)NC5=O)C7=O)C6)CC4)nn3)CC2)cc1C(F)(F)F. The molecule has 5 amide bonds. The van der Waals surface area contributed by atoms with Gasteiger partial charge in [0.2, 0.25) is 11.8 Å². The standard InChI is InChI=1S/C45H47F4N9O6/c46-34-20-31-32(43(63)58(42(31)62)36-8-10-39(59)52-41(36)61)21-37(34)57-24-44(25-57)13-17-55(18-14-44)23-26-11-15-56(16-12-26)38-9-7-35(53-54-38)40(60)51-28-2-5-29(6-3-28)64-30-4-1-27(22-50)33(19-30)45(47,48)49/h1,4,7,9,19-21,26,28-29,36H,2-3,5-6,8,10-18,23-25H2,(H,51,60)(H,52,59,61)/t28-,29-,36?. The number of benzene rings is 2. The van der Waals surface area contributed by atoms with Crippen LogP contribution in [0.3, 0.4) is 0 Å². The Morgan fingerprint density at radius 3 is 2.22 bits per heavy atom. The molecule has 1 aliphatic carbocycles. The maximum atomic E-state index is 15.4. The van der Waals surface area contributed by atoms with Gasteiger partial charge in [0.05, 0.1) is 40.1 Å². The fraction of sp³-hybridized carbons (Fsp3) is 0.511. The van der Waals surface area contributed by atoms with Gasteiger partial charge >= 0.3 is 6.18 Å². The number of nitriles is 1. The van der Waals surface area contributed by atoms with Gasteiger partial charge in [-0.05, 0) is 119 Å². The maximum Gasteiger partial charge on any atom is 0.417 e. The number of amides is 5. The van der Waals surface area contributed by atoms with Gasteiger partial charge in [-0.25, -0.2) is 4.39 Å². The number of likely N-dealkylation sites (tertiary alicyclic amines) is 1. The van der Waals surface area contributed by atoms with Gasteiger partial charge in [-0.3, -0.25) is 34.2 Å². The minimum atomic E-state index is -4.67. The van der Waals surface area contributed by atoms with Crippen LogP contribution in [0.5, 0.6) is 5.75 Å². The number of hydrogen-bond acceptors (Lipinski definition) is 12. The number of carbonyl (C=O) groups excluding carboxylic acids is 5. The van der Waals surface area contributed by atoms with Crippen molar-refractivity contribution in [1.82, 2.24) is 30.6 Å². The second-order valence-electron chi connectivity index (χ2n) is 18.0. The third-order valence-corrected chi connectivity index (χ3v) is 13.9. The van der Waals surface area contributed by atoms with Crippen molar-refractivity contribution < 1.29 is 46.3 Å². The number of nitrogens with zero attached hydrogens (tertiary/aromatic N) is 7. The maximum absolute atomic E-state index is 15.4. The largest absolute Gasteiger partial charge is 0.490 e. The summed E-state index contributed by atoms with van der Waals surface area (Å²) in [5.74, 6) is -2.20. The Bertz CT molecular complexity index is 2390. The lowest BCUT2D eigenvalue weighted by atomic mass is 9.71. The smallest absolute Gasteiger partial charge is 0.417 e. The highest BCUT2D eigenvalue weighted by Gasteiger charge is 2.49. The summed E-state index contributed by atoms with van der Waals surface area (Å²) in [5.41, 5.74) is -0.962. The Morgan fingerprint density at radius 1 is 0.875 bits per heavy atom. The van der Waals surface area contributed by atoms with E-state index in [1.165, 1.54) is 12.1 Å². The number of rotatable bonds is 9. The van der Waals surface area contributed by atoms with Crippen LogP contribution in [0.4, 0.5) is 29.1 Å². The van der Waals surface area contributed by atoms with Crippen molar-refractivity contribution >= 4 is 41.0 Å². The number of ether oxygens (including phenoxy) is 1. The van der Waals surface area contributed by atoms with Crippen LogP contribution in [-0.4, -0.2) is 114 Å². The summed E-state index contributed by atoms with van der Waals surface area (Å²) in [7, 11) is 0. The summed E-state index contributed by atoms with van der Waals surface area (Å²) in [5, 5.41) is 22.8. The molecule has 19 heteroatoms. The summed E-state index contributed by atoms with van der Waals surface area (Å²) >= 11 is 0. The second kappa shape index (κ2) is 17.1. The number of carbonyl (C=O) groups is 5. The number of alkyl halides is 3. The van der Waals surface area contributed by atoms with Crippen molar-refractivity contribution in [3.05, 3.63) is 76.2 Å². The van der Waals surface area contributed by atoms with Crippen LogP contribution in [0.2, 0.25) is 0 Å². The summed E-state index contributed by atoms with van der Waals surface area (Å²) in [6.45, 7) is 5.78. The monoisotopic (exact) mass is 885 g/mol. The average molecular weight is 886 g/mol. The van der Waals surface area contributed by atoms with Crippen LogP contribution in [0.15, 0.2) is 42.5 Å². The summed E-state index contributed by atoms with van der Waals surface area (Å²) in [6.07, 6.45) is 1.21. The molecule has 1 spiro atoms. The van der Waals surface area contributed by atoms with Crippen LogP contribution in [0.25, 0.3) is 0 Å². The van der Waals surface area contributed by atoms with E-state index in [9.17, 15) is 37.1 Å². The molecular formula is C45H47F4N9O6. The predicted molar refractivity (Wildman–Crippen MR) is 221 cm³/mol. The molecule has 3 aromatic rings. The highest BCUT2D eigenvalue weighted by molar-refractivity contribution is 6.23. The molecule has 5 aliphatic heterocycles. The van der Waals surface area contributed by atoms with E-state index >= 15 is 4.39 Å². The Morgan fingerprint density at radius 2 is 1.58 bits per heavy atom. The minimum absolute atomic E-state index is 0.00780. The van der Waals surface area contributed by atoms with Crippen molar-refractivity contribution in [2.45, 2.75) is 88.6 Å². The van der Waals surface area contributed by atoms with E-state index in [1.54, 1.807) is 12.1 Å². The van der Waals surface area contributed by atoms with Gasteiger partial charge in [-0.1, -0.05) is 0 Å². The molecule has 5 fully saturated rings. The molecule has 2 N–H and O–H groups in total. The van der Waals surface area contributed by atoms with E-state index in [0.717, 1.165) is 81.5 Å². The molecule has 64 heavy (non-hydrogen) atoms. The number of nitrogens with one attached hydrogen (secondary N) is 2. The van der Waals surface area contributed by atoms with Crippen molar-refractivity contribution in [3.63, 3.8) is 0 Å². The van der Waals surface area contributed by atoms with Gasteiger partial charge in [0.25, 0.3) is 17.7 Å². The van der Waals surface area contributed by atoms with Crippen LogP contribution < -0.4 is 25.2 Å². The number of aromatic nitrogens is 2. The van der Waals surface area contributed by atoms with Crippen molar-refractivity contribution in [3.8, 4) is 11.8 Å². The fourth-order valence-corrected chi connectivity index (χ4v) is 10.2. The Hall–Kier alpha value is -6.16. The Balaban J connectivity index is 0.690. The van der Waals surface area contributed by atoms with E-state index in [4.69, 9.17) is 10.00 Å². The van der Waals surface area contributed by atoms with Gasteiger partial charge in [-0.15, -0.1) is 10.2 Å². The molecule has 1 unspecified atom stereocenters. The zero-order valence-corrected chi connectivity index (χ0v) is 35.0. The number of fused-ring (bicyclic) bond motifs is 1. The highest BCUT2D eigenvalue weighted by atomic mass is 19.4. The zero-order valence-electron chi connectivity index (χ0n) is 35.0. The molecule has 336 valence electrons. The first kappa shape index (κ1) is 43.1. The number of anilines is 2. The van der Waals surface area contributed by atoms with E-state index in [0.29, 0.717) is 50.5 Å². The highest BCUT2D eigenvalue weighted by Crippen LogP contribution is 2.45. The molecule has 1 aromatic heterocycles. The molecule has 1 atom stereocenters. The van der Waals surface area contributed by atoms with Crippen LogP contribution in [-0.2, 0) is 15.8 Å². The van der Waals surface area contributed by atoms with Crippen molar-refractivity contribution in [2.75, 3.05) is 55.6 Å². The number of piperidine rings is 3. The molecular weight excluding hydrogens is 839 g/mol. The van der Waals surface area contributed by atoms with E-state index in [1.807, 2.05) is 11.0 Å². The minimum Gasteiger partial charge on any atom is -0.490 e. The van der Waals surface area contributed by atoms with Gasteiger partial charge in [0.1, 0.15) is 17.6 Å². The summed E-state index contributed by atoms with van der Waals surface area (Å²) < 4.78 is 61.4. The number of hydrogen-bond donors (Lipinski definition) is 2. The lowest BCUT2D eigenvalue weighted by molar-refractivity contribution is -0.138. The molecule has 0 radical (unpaired) electrons. The third-order valence-electron chi connectivity index (χ3n) is 13.9. The van der Waals surface area contributed by atoms with Crippen LogP contribution in [0, 0.1) is 28.5 Å². The molecule has 6 heterocycles. The van der Waals surface area contributed by atoms with Crippen molar-refractivity contribution in [1.29, 1.82) is 5.26 Å². The predicted octanol–water partition coefficient (Wildman–Crippen LogP) is 4.85. The second-order valence-corrected chi connectivity index (χ2v) is 18.0. The quantitative estimate of drug-likeness (QED) is 0.221. The average Bonchev–Trinajstić information content (AvgIpc) is 3.50. The fourth-order valence-electron chi connectivity index (χ4n) is 10.2. The van der Waals surface area contributed by atoms with Crippen molar-refractivity contribution in [2.24, 2.45) is 11.3 Å². The molecule has 1 saturated carbocycles. The normalized spacial score (nSPS) is 24.0. The first-order valence-corrected chi connectivity index (χ1v) is 21.9. The summed E-state index contributed by atoms with van der Waals surface area (Å²) in [6, 6.07) is 9.67. The first-order valence-electron chi connectivity index (χ1n) is 21.9. The Kier molecular flexibility index (Phi) is 11.5. The molecule has 0 bridgehead atoms. The number of imide groups is 2. The van der Waals surface area contributed by atoms with Gasteiger partial charge in [0, 0.05) is 50.6 Å². The Labute approximate surface area is 366 Å². The number of halogens is 4. The summed E-state index contributed by atoms with van der Waals surface area (Å²) in [4.78, 5) is 71.0. The first-order chi connectivity index (χ1) is 30.7. The lowest BCUT2D eigenvalue weighted by Crippen LogP contribution is -2.61. The van der Waals surface area contributed by atoms with E-state index < -0.39 is 52.8 Å². The topological polar surface area (TPSA) is 181 Å². The van der Waals surface area contributed by atoms with E-state index in [-0.39, 0.29) is 64.6 Å². The molecule has 9 rings (SSSR count). The van der Waals surface area contributed by atoms with Crippen LogP contribution in [0.1, 0.15) is 107 Å². The lowest BCUT2D eigenvalue weighted by Gasteiger charge is -2.55.